The summed E-state index contributed by atoms with van der Waals surface area (Å²) in [5, 5.41) is 3.24. The second kappa shape index (κ2) is 4.29. The molecule has 88 valence electrons. The van der Waals surface area contributed by atoms with Crippen molar-refractivity contribution in [1.82, 2.24) is 5.32 Å². The quantitative estimate of drug-likeness (QED) is 0.771. The Kier molecular flexibility index (Phi) is 3.01. The molecule has 1 saturated carbocycles. The molecule has 4 heteroatoms. The Bertz CT molecular complexity index is 379. The van der Waals surface area contributed by atoms with Gasteiger partial charge >= 0.3 is 5.97 Å². The Morgan fingerprint density at radius 3 is 2.81 bits per heavy atom. The summed E-state index contributed by atoms with van der Waals surface area (Å²) in [5.74, 6) is 1.71. The van der Waals surface area contributed by atoms with Crippen LogP contribution in [-0.2, 0) is 16.1 Å². The minimum atomic E-state index is -0.267. The van der Waals surface area contributed by atoms with Gasteiger partial charge in [-0.25, -0.2) is 0 Å². The van der Waals surface area contributed by atoms with Crippen molar-refractivity contribution < 1.29 is 13.9 Å². The van der Waals surface area contributed by atoms with E-state index in [0.29, 0.717) is 13.1 Å². The topological polar surface area (TPSA) is 51.5 Å². The van der Waals surface area contributed by atoms with Crippen LogP contribution in [0.2, 0.25) is 0 Å². The zero-order valence-corrected chi connectivity index (χ0v) is 9.71. The molecule has 1 aromatic rings. The first-order valence-corrected chi connectivity index (χ1v) is 5.51. The van der Waals surface area contributed by atoms with Crippen LogP contribution >= 0.6 is 0 Å². The van der Waals surface area contributed by atoms with Gasteiger partial charge in [0.05, 0.1) is 19.1 Å². The van der Waals surface area contributed by atoms with E-state index >= 15 is 0 Å². The molecule has 0 bridgehead atoms. The van der Waals surface area contributed by atoms with E-state index in [1.54, 1.807) is 0 Å². The molecule has 16 heavy (non-hydrogen) atoms. The zero-order chi connectivity index (χ0) is 11.6. The standard InChI is InChI=1S/C12H17NO3/c1-9-3-4-10(16-9)7-13-8-12(5-6-12)11(14)15-2/h3-4,13H,5-8H2,1-2H3. The maximum atomic E-state index is 11.5. The number of hydrogen-bond acceptors (Lipinski definition) is 4. The highest BCUT2D eigenvalue weighted by atomic mass is 16.5. The highest BCUT2D eigenvalue weighted by Gasteiger charge is 2.50. The van der Waals surface area contributed by atoms with Crippen molar-refractivity contribution in [3.8, 4) is 0 Å². The van der Waals surface area contributed by atoms with Crippen molar-refractivity contribution in [2.75, 3.05) is 13.7 Å². The third-order valence-electron chi connectivity index (χ3n) is 3.03. The second-order valence-electron chi connectivity index (χ2n) is 4.39. The van der Waals surface area contributed by atoms with E-state index in [9.17, 15) is 4.79 Å². The number of methoxy groups -OCH3 is 1. The van der Waals surface area contributed by atoms with Gasteiger partial charge in [-0.3, -0.25) is 4.79 Å². The monoisotopic (exact) mass is 223 g/mol. The lowest BCUT2D eigenvalue weighted by Crippen LogP contribution is -2.30. The molecular formula is C12H17NO3. The summed E-state index contributed by atoms with van der Waals surface area (Å²) in [4.78, 5) is 11.5. The average Bonchev–Trinajstić information content (AvgIpc) is 2.95. The summed E-state index contributed by atoms with van der Waals surface area (Å²) in [6, 6.07) is 3.88. The first-order valence-electron chi connectivity index (χ1n) is 5.51. The van der Waals surface area contributed by atoms with Gasteiger partial charge in [-0.1, -0.05) is 0 Å². The van der Waals surface area contributed by atoms with Gasteiger partial charge in [0.15, 0.2) is 0 Å². The number of hydrogen-bond donors (Lipinski definition) is 1. The van der Waals surface area contributed by atoms with E-state index in [1.165, 1.54) is 7.11 Å². The van der Waals surface area contributed by atoms with E-state index in [1.807, 2.05) is 19.1 Å². The van der Waals surface area contributed by atoms with Gasteiger partial charge in [0.25, 0.3) is 0 Å². The van der Waals surface area contributed by atoms with Crippen LogP contribution < -0.4 is 5.32 Å². The predicted octanol–water partition coefficient (Wildman–Crippen LogP) is 1.63. The van der Waals surface area contributed by atoms with Gasteiger partial charge in [0, 0.05) is 6.54 Å². The van der Waals surface area contributed by atoms with Crippen molar-refractivity contribution in [2.45, 2.75) is 26.3 Å². The summed E-state index contributed by atoms with van der Waals surface area (Å²) in [6.07, 6.45) is 1.84. The number of rotatable bonds is 5. The molecule has 1 N–H and O–H groups in total. The van der Waals surface area contributed by atoms with E-state index in [4.69, 9.17) is 9.15 Å². The molecule has 4 nitrogen and oxygen atoms in total. The highest BCUT2D eigenvalue weighted by molar-refractivity contribution is 5.80. The van der Waals surface area contributed by atoms with Crippen LogP contribution in [0.1, 0.15) is 24.4 Å². The normalized spacial score (nSPS) is 17.1. The molecule has 1 aromatic heterocycles. The first kappa shape index (κ1) is 11.2. The first-order chi connectivity index (χ1) is 7.66. The number of furan rings is 1. The summed E-state index contributed by atoms with van der Waals surface area (Å²) in [7, 11) is 1.44. The van der Waals surface area contributed by atoms with Gasteiger partial charge in [-0.05, 0) is 31.9 Å². The van der Waals surface area contributed by atoms with Crippen LogP contribution in [0.5, 0.6) is 0 Å². The number of nitrogens with one attached hydrogen (secondary N) is 1. The SMILES string of the molecule is COC(=O)C1(CNCc2ccc(C)o2)CC1. The molecule has 0 aliphatic heterocycles. The Balaban J connectivity index is 1.78. The van der Waals surface area contributed by atoms with Gasteiger partial charge in [-0.2, -0.15) is 0 Å². The Hall–Kier alpha value is -1.29. The number of esters is 1. The van der Waals surface area contributed by atoms with Crippen LogP contribution in [-0.4, -0.2) is 19.6 Å². The summed E-state index contributed by atoms with van der Waals surface area (Å²) in [6.45, 7) is 3.24. The molecule has 0 aromatic carbocycles. The Morgan fingerprint density at radius 1 is 1.56 bits per heavy atom. The Morgan fingerprint density at radius 2 is 2.31 bits per heavy atom. The zero-order valence-electron chi connectivity index (χ0n) is 9.71. The van der Waals surface area contributed by atoms with Crippen molar-refractivity contribution in [2.24, 2.45) is 5.41 Å². The molecule has 1 heterocycles. The molecule has 0 atom stereocenters. The fourth-order valence-corrected chi connectivity index (χ4v) is 1.83. The summed E-state index contributed by atoms with van der Waals surface area (Å²) in [5.41, 5.74) is -0.267. The maximum Gasteiger partial charge on any atom is 0.313 e. The van der Waals surface area contributed by atoms with Crippen LogP contribution in [0, 0.1) is 12.3 Å². The van der Waals surface area contributed by atoms with Gasteiger partial charge in [0.1, 0.15) is 11.5 Å². The molecule has 1 fully saturated rings. The lowest BCUT2D eigenvalue weighted by molar-refractivity contribution is -0.146. The number of carbonyl (C=O) groups is 1. The van der Waals surface area contributed by atoms with Crippen molar-refractivity contribution in [3.63, 3.8) is 0 Å². The van der Waals surface area contributed by atoms with Crippen molar-refractivity contribution in [3.05, 3.63) is 23.7 Å². The fourth-order valence-electron chi connectivity index (χ4n) is 1.83. The van der Waals surface area contributed by atoms with Crippen LogP contribution in [0.4, 0.5) is 0 Å². The number of aryl methyl sites for hydroxylation is 1. The van der Waals surface area contributed by atoms with E-state index in [0.717, 1.165) is 24.4 Å². The van der Waals surface area contributed by atoms with Crippen LogP contribution in [0.25, 0.3) is 0 Å². The molecular weight excluding hydrogens is 206 g/mol. The maximum absolute atomic E-state index is 11.5. The molecule has 1 aliphatic rings. The van der Waals surface area contributed by atoms with E-state index < -0.39 is 0 Å². The molecule has 0 saturated heterocycles. The minimum absolute atomic E-state index is 0.101. The predicted molar refractivity (Wildman–Crippen MR) is 58.8 cm³/mol. The fraction of sp³-hybridized carbons (Fsp3) is 0.583. The molecule has 0 amide bonds. The van der Waals surface area contributed by atoms with Crippen molar-refractivity contribution in [1.29, 1.82) is 0 Å². The molecule has 1 aliphatic carbocycles. The number of ether oxygens (including phenoxy) is 1. The minimum Gasteiger partial charge on any atom is -0.469 e. The molecule has 0 radical (unpaired) electrons. The lowest BCUT2D eigenvalue weighted by Gasteiger charge is -2.12. The number of carbonyl (C=O) groups excluding carboxylic acids is 1. The largest absolute Gasteiger partial charge is 0.469 e. The van der Waals surface area contributed by atoms with E-state index in [2.05, 4.69) is 5.32 Å². The van der Waals surface area contributed by atoms with Gasteiger partial charge < -0.3 is 14.5 Å². The van der Waals surface area contributed by atoms with Crippen LogP contribution in [0.3, 0.4) is 0 Å². The summed E-state index contributed by atoms with van der Waals surface area (Å²) < 4.78 is 10.2. The second-order valence-corrected chi connectivity index (χ2v) is 4.39. The smallest absolute Gasteiger partial charge is 0.313 e. The Labute approximate surface area is 95.0 Å². The third-order valence-corrected chi connectivity index (χ3v) is 3.03. The van der Waals surface area contributed by atoms with Gasteiger partial charge in [0.2, 0.25) is 0 Å². The van der Waals surface area contributed by atoms with E-state index in [-0.39, 0.29) is 11.4 Å². The molecule has 0 spiro atoms. The lowest BCUT2D eigenvalue weighted by atomic mass is 10.1. The van der Waals surface area contributed by atoms with Gasteiger partial charge in [-0.15, -0.1) is 0 Å². The summed E-state index contributed by atoms with van der Waals surface area (Å²) >= 11 is 0. The highest BCUT2D eigenvalue weighted by Crippen LogP contribution is 2.46. The average molecular weight is 223 g/mol. The third kappa shape index (κ3) is 2.27. The van der Waals surface area contributed by atoms with Crippen LogP contribution in [0.15, 0.2) is 16.5 Å². The molecule has 2 rings (SSSR count). The molecule has 0 unspecified atom stereocenters. The van der Waals surface area contributed by atoms with Crippen molar-refractivity contribution >= 4 is 5.97 Å².